The maximum Gasteiger partial charge on any atom is 0.251 e. The van der Waals surface area contributed by atoms with E-state index < -0.39 is 0 Å². The summed E-state index contributed by atoms with van der Waals surface area (Å²) in [5.41, 5.74) is 1.14. The molecule has 1 aromatic carbocycles. The van der Waals surface area contributed by atoms with Crippen molar-refractivity contribution in [3.8, 4) is 6.07 Å². The molecule has 0 saturated carbocycles. The molecular formula is C16H21N3O2. The van der Waals surface area contributed by atoms with Gasteiger partial charge >= 0.3 is 0 Å². The number of carbonyl (C=O) groups excluding carboxylic acids is 1. The Kier molecular flexibility index (Phi) is 5.32. The normalized spacial score (nSPS) is 22.5. The summed E-state index contributed by atoms with van der Waals surface area (Å²) in [6.07, 6.45) is 0.478. The molecule has 0 radical (unpaired) electrons. The van der Waals surface area contributed by atoms with Crippen LogP contribution in [0.15, 0.2) is 24.3 Å². The zero-order chi connectivity index (χ0) is 15.2. The van der Waals surface area contributed by atoms with Gasteiger partial charge in [0, 0.05) is 31.7 Å². The molecule has 1 aliphatic rings. The van der Waals surface area contributed by atoms with E-state index in [9.17, 15) is 4.79 Å². The lowest BCUT2D eigenvalue weighted by Gasteiger charge is -2.35. The number of nitrogens with one attached hydrogen (secondary N) is 1. The van der Waals surface area contributed by atoms with Gasteiger partial charge < -0.3 is 10.1 Å². The predicted octanol–water partition coefficient (Wildman–Crippen LogP) is 1.40. The Morgan fingerprint density at radius 1 is 1.33 bits per heavy atom. The molecule has 1 saturated heterocycles. The van der Waals surface area contributed by atoms with Gasteiger partial charge in [0.15, 0.2) is 0 Å². The summed E-state index contributed by atoms with van der Waals surface area (Å²) in [6.45, 7) is 7.36. The van der Waals surface area contributed by atoms with Crippen molar-refractivity contribution in [3.63, 3.8) is 0 Å². The molecule has 2 atom stereocenters. The van der Waals surface area contributed by atoms with E-state index in [-0.39, 0.29) is 18.1 Å². The summed E-state index contributed by atoms with van der Waals surface area (Å²) in [4.78, 5) is 14.3. The first-order valence-corrected chi connectivity index (χ1v) is 7.24. The molecule has 0 bridgehead atoms. The van der Waals surface area contributed by atoms with Gasteiger partial charge in [0.05, 0.1) is 23.8 Å². The van der Waals surface area contributed by atoms with Gasteiger partial charge in [-0.3, -0.25) is 9.69 Å². The van der Waals surface area contributed by atoms with Gasteiger partial charge in [-0.25, -0.2) is 0 Å². The standard InChI is InChI=1S/C16H21N3O2/c1-12-10-19(11-13(2)21-12)8-7-18-16(20)15-5-3-14(9-17)4-6-15/h3-6,12-13H,7-8,10-11H2,1-2H3,(H,18,20)/t12-,13-/m1/s1. The molecule has 1 amide bonds. The van der Waals surface area contributed by atoms with Crippen molar-refractivity contribution in [1.29, 1.82) is 5.26 Å². The maximum absolute atomic E-state index is 12.0. The van der Waals surface area contributed by atoms with Crippen LogP contribution in [0, 0.1) is 11.3 Å². The van der Waals surface area contributed by atoms with Crippen molar-refractivity contribution >= 4 is 5.91 Å². The summed E-state index contributed by atoms with van der Waals surface area (Å²) in [5.74, 6) is -0.103. The molecule has 0 unspecified atom stereocenters. The first kappa shape index (κ1) is 15.5. The van der Waals surface area contributed by atoms with E-state index in [0.29, 0.717) is 17.7 Å². The van der Waals surface area contributed by atoms with Crippen molar-refractivity contribution in [2.45, 2.75) is 26.1 Å². The third kappa shape index (κ3) is 4.55. The highest BCUT2D eigenvalue weighted by molar-refractivity contribution is 5.94. The average molecular weight is 287 g/mol. The minimum Gasteiger partial charge on any atom is -0.373 e. The van der Waals surface area contributed by atoms with Crippen molar-refractivity contribution in [2.24, 2.45) is 0 Å². The van der Waals surface area contributed by atoms with Gasteiger partial charge in [-0.15, -0.1) is 0 Å². The monoisotopic (exact) mass is 287 g/mol. The number of hydrogen-bond donors (Lipinski definition) is 1. The summed E-state index contributed by atoms with van der Waals surface area (Å²) in [6, 6.07) is 8.69. The van der Waals surface area contributed by atoms with E-state index in [4.69, 9.17) is 10.00 Å². The fourth-order valence-electron chi connectivity index (χ4n) is 2.59. The van der Waals surface area contributed by atoms with Gasteiger partial charge in [-0.05, 0) is 38.1 Å². The van der Waals surface area contributed by atoms with E-state index in [2.05, 4.69) is 24.1 Å². The number of nitrogens with zero attached hydrogens (tertiary/aromatic N) is 2. The van der Waals surface area contributed by atoms with Crippen molar-refractivity contribution < 1.29 is 9.53 Å². The van der Waals surface area contributed by atoms with Crippen LogP contribution < -0.4 is 5.32 Å². The van der Waals surface area contributed by atoms with Crippen LogP contribution in [0.25, 0.3) is 0 Å². The molecule has 112 valence electrons. The van der Waals surface area contributed by atoms with Crippen LogP contribution >= 0.6 is 0 Å². The van der Waals surface area contributed by atoms with Gasteiger partial charge in [0.2, 0.25) is 0 Å². The molecule has 0 aromatic heterocycles. The third-order valence-corrected chi connectivity index (χ3v) is 3.49. The third-order valence-electron chi connectivity index (χ3n) is 3.49. The Labute approximate surface area is 125 Å². The molecule has 0 spiro atoms. The van der Waals surface area contributed by atoms with Crippen molar-refractivity contribution in [1.82, 2.24) is 10.2 Å². The number of rotatable bonds is 4. The molecule has 1 heterocycles. The van der Waals surface area contributed by atoms with E-state index >= 15 is 0 Å². The van der Waals surface area contributed by atoms with Gasteiger partial charge in [0.25, 0.3) is 5.91 Å². The van der Waals surface area contributed by atoms with Gasteiger partial charge in [-0.1, -0.05) is 0 Å². The lowest BCUT2D eigenvalue weighted by atomic mass is 10.1. The van der Waals surface area contributed by atoms with Crippen LogP contribution in [0.2, 0.25) is 0 Å². The summed E-state index contributed by atoms with van der Waals surface area (Å²) in [7, 11) is 0. The predicted molar refractivity (Wildman–Crippen MR) is 79.9 cm³/mol. The minimum absolute atomic E-state index is 0.103. The summed E-state index contributed by atoms with van der Waals surface area (Å²) < 4.78 is 5.68. The Morgan fingerprint density at radius 3 is 2.52 bits per heavy atom. The molecule has 5 heteroatoms. The topological polar surface area (TPSA) is 65.4 Å². The average Bonchev–Trinajstić information content (AvgIpc) is 2.46. The lowest BCUT2D eigenvalue weighted by Crippen LogP contribution is -2.47. The number of ether oxygens (including phenoxy) is 1. The molecule has 1 fully saturated rings. The highest BCUT2D eigenvalue weighted by atomic mass is 16.5. The van der Waals surface area contributed by atoms with E-state index in [1.807, 2.05) is 6.07 Å². The Balaban J connectivity index is 1.77. The SMILES string of the molecule is C[C@@H]1CN(CCNC(=O)c2ccc(C#N)cc2)C[C@@H](C)O1. The number of benzene rings is 1. The molecule has 21 heavy (non-hydrogen) atoms. The summed E-state index contributed by atoms with van der Waals surface area (Å²) in [5, 5.41) is 11.6. The second-order valence-corrected chi connectivity index (χ2v) is 5.46. The first-order chi connectivity index (χ1) is 10.1. The van der Waals surface area contributed by atoms with Crippen LogP contribution in [0.5, 0.6) is 0 Å². The van der Waals surface area contributed by atoms with Crippen molar-refractivity contribution in [2.75, 3.05) is 26.2 Å². The smallest absolute Gasteiger partial charge is 0.251 e. The number of nitriles is 1. The van der Waals surface area contributed by atoms with E-state index in [1.165, 1.54) is 0 Å². The van der Waals surface area contributed by atoms with Crippen molar-refractivity contribution in [3.05, 3.63) is 35.4 Å². The number of carbonyl (C=O) groups is 1. The largest absolute Gasteiger partial charge is 0.373 e. The molecule has 1 aromatic rings. The van der Waals surface area contributed by atoms with Crippen LogP contribution in [-0.4, -0.2) is 49.2 Å². The minimum atomic E-state index is -0.103. The highest BCUT2D eigenvalue weighted by Crippen LogP contribution is 2.09. The number of amides is 1. The molecular weight excluding hydrogens is 266 g/mol. The number of hydrogen-bond acceptors (Lipinski definition) is 4. The molecule has 1 N–H and O–H groups in total. The van der Waals surface area contributed by atoms with E-state index in [0.717, 1.165) is 19.6 Å². The molecule has 0 aliphatic carbocycles. The fourth-order valence-corrected chi connectivity index (χ4v) is 2.59. The maximum atomic E-state index is 12.0. The van der Waals surface area contributed by atoms with Crippen LogP contribution in [0.1, 0.15) is 29.8 Å². The van der Waals surface area contributed by atoms with Crippen LogP contribution in [0.3, 0.4) is 0 Å². The molecule has 1 aliphatic heterocycles. The van der Waals surface area contributed by atoms with Gasteiger partial charge in [0.1, 0.15) is 0 Å². The summed E-state index contributed by atoms with van der Waals surface area (Å²) >= 11 is 0. The van der Waals surface area contributed by atoms with Crippen LogP contribution in [-0.2, 0) is 4.74 Å². The zero-order valence-electron chi connectivity index (χ0n) is 12.5. The second-order valence-electron chi connectivity index (χ2n) is 5.46. The Hall–Kier alpha value is -1.90. The Bertz CT molecular complexity index is 511. The lowest BCUT2D eigenvalue weighted by molar-refractivity contribution is -0.0672. The fraction of sp³-hybridized carbons (Fsp3) is 0.500. The first-order valence-electron chi connectivity index (χ1n) is 7.24. The highest BCUT2D eigenvalue weighted by Gasteiger charge is 2.21. The second kappa shape index (κ2) is 7.21. The number of morpholine rings is 1. The van der Waals surface area contributed by atoms with Gasteiger partial charge in [-0.2, -0.15) is 5.26 Å². The quantitative estimate of drug-likeness (QED) is 0.909. The van der Waals surface area contributed by atoms with Crippen LogP contribution in [0.4, 0.5) is 0 Å². The molecule has 5 nitrogen and oxygen atoms in total. The van der Waals surface area contributed by atoms with E-state index in [1.54, 1.807) is 24.3 Å². The molecule has 2 rings (SSSR count). The Morgan fingerprint density at radius 2 is 1.95 bits per heavy atom. The zero-order valence-corrected chi connectivity index (χ0v) is 12.5.